The SMILES string of the molecule is CCN1C(=O)N(CCC(C)C)C2(CCN(Cc3c(O)ccc4ccccc34)CC2)C1=O. The standard InChI is InChI=1S/C25H33N3O3/c1-4-27-23(30)25(28(24(27)31)14-11-18(2)3)12-15-26(16-13-25)17-21-20-8-6-5-7-19(20)9-10-22(21)29/h5-10,18,29H,4,11-17H2,1-3H3. The van der Waals surface area contributed by atoms with Crippen molar-refractivity contribution in [1.29, 1.82) is 0 Å². The number of likely N-dealkylation sites (N-methyl/N-ethyl adjacent to an activating group) is 1. The number of aromatic hydroxyl groups is 1. The van der Waals surface area contributed by atoms with E-state index in [2.05, 4.69) is 24.8 Å². The van der Waals surface area contributed by atoms with Crippen LogP contribution in [-0.2, 0) is 11.3 Å². The van der Waals surface area contributed by atoms with Gasteiger partial charge in [0.05, 0.1) is 0 Å². The van der Waals surface area contributed by atoms with Crippen LogP contribution in [0.4, 0.5) is 4.79 Å². The highest BCUT2D eigenvalue weighted by atomic mass is 16.3. The van der Waals surface area contributed by atoms with Crippen LogP contribution in [-0.4, -0.2) is 63.5 Å². The average Bonchev–Trinajstić information content (AvgIpc) is 2.95. The van der Waals surface area contributed by atoms with Gasteiger partial charge in [-0.25, -0.2) is 4.79 Å². The largest absolute Gasteiger partial charge is 0.508 e. The maximum atomic E-state index is 13.3. The molecule has 2 saturated heterocycles. The predicted molar refractivity (Wildman–Crippen MR) is 122 cm³/mol. The molecular weight excluding hydrogens is 390 g/mol. The number of hydrogen-bond acceptors (Lipinski definition) is 4. The molecule has 3 amide bonds. The molecule has 2 aliphatic rings. The van der Waals surface area contributed by atoms with Gasteiger partial charge in [0.15, 0.2) is 0 Å². The number of likely N-dealkylation sites (tertiary alicyclic amines) is 1. The number of hydrogen-bond donors (Lipinski definition) is 1. The zero-order valence-electron chi connectivity index (χ0n) is 18.8. The number of piperidine rings is 1. The van der Waals surface area contributed by atoms with Gasteiger partial charge in [0, 0.05) is 38.3 Å². The number of phenolic OH excluding ortho intramolecular Hbond substituents is 1. The monoisotopic (exact) mass is 423 g/mol. The Morgan fingerprint density at radius 1 is 1.06 bits per heavy atom. The van der Waals surface area contributed by atoms with Gasteiger partial charge in [-0.05, 0) is 48.9 Å². The Hall–Kier alpha value is -2.60. The highest BCUT2D eigenvalue weighted by Gasteiger charge is 2.57. The van der Waals surface area contributed by atoms with E-state index >= 15 is 0 Å². The summed E-state index contributed by atoms with van der Waals surface area (Å²) in [6, 6.07) is 11.7. The molecule has 2 aliphatic heterocycles. The molecule has 0 atom stereocenters. The zero-order chi connectivity index (χ0) is 22.2. The van der Waals surface area contributed by atoms with E-state index in [-0.39, 0.29) is 11.9 Å². The molecule has 0 saturated carbocycles. The van der Waals surface area contributed by atoms with Gasteiger partial charge in [-0.1, -0.05) is 44.2 Å². The van der Waals surface area contributed by atoms with Crippen molar-refractivity contribution in [2.24, 2.45) is 5.92 Å². The Labute approximate surface area is 184 Å². The highest BCUT2D eigenvalue weighted by Crippen LogP contribution is 2.38. The van der Waals surface area contributed by atoms with Crippen molar-refractivity contribution >= 4 is 22.7 Å². The first-order valence-electron chi connectivity index (χ1n) is 11.4. The molecule has 31 heavy (non-hydrogen) atoms. The molecule has 0 aliphatic carbocycles. The molecule has 0 unspecified atom stereocenters. The van der Waals surface area contributed by atoms with E-state index in [0.29, 0.717) is 44.1 Å². The number of fused-ring (bicyclic) bond motifs is 1. The molecule has 166 valence electrons. The van der Waals surface area contributed by atoms with Crippen LogP contribution in [0.1, 0.15) is 45.6 Å². The third kappa shape index (κ3) is 3.78. The van der Waals surface area contributed by atoms with Gasteiger partial charge in [0.1, 0.15) is 11.3 Å². The fraction of sp³-hybridized carbons (Fsp3) is 0.520. The molecule has 2 fully saturated rings. The topological polar surface area (TPSA) is 64.1 Å². The number of urea groups is 1. The van der Waals surface area contributed by atoms with E-state index in [9.17, 15) is 14.7 Å². The van der Waals surface area contributed by atoms with Crippen molar-refractivity contribution in [3.63, 3.8) is 0 Å². The van der Waals surface area contributed by atoms with Crippen molar-refractivity contribution in [3.05, 3.63) is 42.0 Å². The summed E-state index contributed by atoms with van der Waals surface area (Å²) < 4.78 is 0. The van der Waals surface area contributed by atoms with Gasteiger partial charge < -0.3 is 10.0 Å². The summed E-state index contributed by atoms with van der Waals surface area (Å²) in [5.74, 6) is 0.753. The minimum Gasteiger partial charge on any atom is -0.508 e. The first kappa shape index (κ1) is 21.6. The number of imide groups is 1. The molecule has 0 bridgehead atoms. The fourth-order valence-electron chi connectivity index (χ4n) is 5.04. The Morgan fingerprint density at radius 3 is 2.45 bits per heavy atom. The van der Waals surface area contributed by atoms with Crippen LogP contribution >= 0.6 is 0 Å². The summed E-state index contributed by atoms with van der Waals surface area (Å²) in [7, 11) is 0. The molecular formula is C25H33N3O3. The first-order chi connectivity index (χ1) is 14.9. The molecule has 2 aromatic carbocycles. The Balaban J connectivity index is 1.53. The van der Waals surface area contributed by atoms with E-state index < -0.39 is 5.54 Å². The van der Waals surface area contributed by atoms with Gasteiger partial charge >= 0.3 is 6.03 Å². The van der Waals surface area contributed by atoms with Crippen molar-refractivity contribution in [2.45, 2.75) is 52.1 Å². The quantitative estimate of drug-likeness (QED) is 0.707. The molecule has 1 N–H and O–H groups in total. The van der Waals surface area contributed by atoms with Crippen LogP contribution in [0.15, 0.2) is 36.4 Å². The molecule has 6 nitrogen and oxygen atoms in total. The van der Waals surface area contributed by atoms with Crippen LogP contribution < -0.4 is 0 Å². The Morgan fingerprint density at radius 2 is 1.77 bits per heavy atom. The van der Waals surface area contributed by atoms with Crippen LogP contribution in [0, 0.1) is 5.92 Å². The molecule has 0 radical (unpaired) electrons. The van der Waals surface area contributed by atoms with E-state index in [4.69, 9.17) is 0 Å². The summed E-state index contributed by atoms with van der Waals surface area (Å²) in [5.41, 5.74) is 0.217. The van der Waals surface area contributed by atoms with Gasteiger partial charge in [-0.3, -0.25) is 14.6 Å². The summed E-state index contributed by atoms with van der Waals surface area (Å²) >= 11 is 0. The number of carbonyl (C=O) groups excluding carboxylic acids is 2. The van der Waals surface area contributed by atoms with Crippen LogP contribution in [0.2, 0.25) is 0 Å². The van der Waals surface area contributed by atoms with Crippen LogP contribution in [0.3, 0.4) is 0 Å². The smallest absolute Gasteiger partial charge is 0.327 e. The summed E-state index contributed by atoms with van der Waals surface area (Å²) in [4.78, 5) is 31.8. The second kappa shape index (κ2) is 8.50. The molecule has 4 rings (SSSR count). The lowest BCUT2D eigenvalue weighted by atomic mass is 9.85. The Kier molecular flexibility index (Phi) is 5.93. The minimum atomic E-state index is -0.709. The van der Waals surface area contributed by atoms with Crippen LogP contribution in [0.25, 0.3) is 10.8 Å². The Bertz CT molecular complexity index is 979. The average molecular weight is 424 g/mol. The zero-order valence-corrected chi connectivity index (χ0v) is 18.8. The van der Waals surface area contributed by atoms with E-state index in [1.165, 1.54) is 4.90 Å². The van der Waals surface area contributed by atoms with E-state index in [1.807, 2.05) is 36.1 Å². The van der Waals surface area contributed by atoms with Gasteiger partial charge in [0.2, 0.25) is 0 Å². The van der Waals surface area contributed by atoms with E-state index in [0.717, 1.165) is 35.8 Å². The van der Waals surface area contributed by atoms with Gasteiger partial charge in [-0.2, -0.15) is 0 Å². The molecule has 6 heteroatoms. The fourth-order valence-corrected chi connectivity index (χ4v) is 5.04. The van der Waals surface area contributed by atoms with E-state index in [1.54, 1.807) is 6.07 Å². The second-order valence-electron chi connectivity index (χ2n) is 9.26. The maximum absolute atomic E-state index is 13.3. The maximum Gasteiger partial charge on any atom is 0.327 e. The number of nitrogens with zero attached hydrogens (tertiary/aromatic N) is 3. The summed E-state index contributed by atoms with van der Waals surface area (Å²) in [5, 5.41) is 12.7. The third-order valence-corrected chi connectivity index (χ3v) is 6.95. The van der Waals surface area contributed by atoms with Crippen molar-refractivity contribution < 1.29 is 14.7 Å². The van der Waals surface area contributed by atoms with Crippen LogP contribution in [0.5, 0.6) is 5.75 Å². The summed E-state index contributed by atoms with van der Waals surface area (Å²) in [6.07, 6.45) is 2.17. The minimum absolute atomic E-state index is 0.0311. The molecule has 2 heterocycles. The molecule has 2 aromatic rings. The normalized spacial score (nSPS) is 19.4. The van der Waals surface area contributed by atoms with Crippen molar-refractivity contribution in [3.8, 4) is 5.75 Å². The number of phenols is 1. The number of carbonyl (C=O) groups is 2. The first-order valence-corrected chi connectivity index (χ1v) is 11.4. The number of benzene rings is 2. The lowest BCUT2D eigenvalue weighted by Gasteiger charge is -2.42. The predicted octanol–water partition coefficient (Wildman–Crippen LogP) is 4.21. The highest BCUT2D eigenvalue weighted by molar-refractivity contribution is 6.07. The number of rotatable bonds is 6. The second-order valence-corrected chi connectivity index (χ2v) is 9.26. The lowest BCUT2D eigenvalue weighted by Crippen LogP contribution is -2.56. The van der Waals surface area contributed by atoms with Gasteiger partial charge in [0.25, 0.3) is 5.91 Å². The molecule has 0 aromatic heterocycles. The number of amides is 3. The third-order valence-electron chi connectivity index (χ3n) is 6.95. The summed E-state index contributed by atoms with van der Waals surface area (Å²) in [6.45, 7) is 9.28. The lowest BCUT2D eigenvalue weighted by molar-refractivity contribution is -0.135. The van der Waals surface area contributed by atoms with Crippen molar-refractivity contribution in [2.75, 3.05) is 26.2 Å². The molecule has 1 spiro atoms. The van der Waals surface area contributed by atoms with Gasteiger partial charge in [-0.15, -0.1) is 0 Å². The van der Waals surface area contributed by atoms with Crippen molar-refractivity contribution in [1.82, 2.24) is 14.7 Å².